The largest absolute Gasteiger partial charge is 0.335 e. The van der Waals surface area contributed by atoms with E-state index in [1.165, 1.54) is 5.56 Å². The van der Waals surface area contributed by atoms with Gasteiger partial charge in [0.2, 0.25) is 0 Å². The third-order valence-corrected chi connectivity index (χ3v) is 4.92. The van der Waals surface area contributed by atoms with Crippen LogP contribution in [0.25, 0.3) is 11.3 Å². The van der Waals surface area contributed by atoms with Gasteiger partial charge in [-0.25, -0.2) is 9.78 Å². The standard InChI is InChI=1S/C21H19N5O/c1-2-15-9-14(10-22)7-8-18(15)25-21(27)24-12-20-17-6-4-3-5-16(17)19-11-23-13-26(19)20/h3-9,11,13,20H,2,12H2,1H3,(H2,24,25,27). The Hall–Kier alpha value is -3.59. The fourth-order valence-electron chi connectivity index (χ4n) is 3.57. The number of amides is 2. The van der Waals surface area contributed by atoms with E-state index in [4.69, 9.17) is 5.26 Å². The Morgan fingerprint density at radius 1 is 1.30 bits per heavy atom. The molecule has 0 bridgehead atoms. The Bertz CT molecular complexity index is 1050. The topological polar surface area (TPSA) is 82.7 Å². The average molecular weight is 357 g/mol. The molecule has 1 aromatic heterocycles. The average Bonchev–Trinajstić information content (AvgIpc) is 3.28. The van der Waals surface area contributed by atoms with Crippen molar-refractivity contribution in [2.24, 2.45) is 0 Å². The number of carbonyl (C=O) groups is 1. The summed E-state index contributed by atoms with van der Waals surface area (Å²) in [6.07, 6.45) is 4.39. The van der Waals surface area contributed by atoms with Crippen molar-refractivity contribution in [2.45, 2.75) is 19.4 Å². The fourth-order valence-corrected chi connectivity index (χ4v) is 3.57. The van der Waals surface area contributed by atoms with E-state index in [0.717, 1.165) is 28.9 Å². The Labute approximate surface area is 157 Å². The lowest BCUT2D eigenvalue weighted by Gasteiger charge is -2.17. The predicted octanol–water partition coefficient (Wildman–Crippen LogP) is 3.71. The highest BCUT2D eigenvalue weighted by Crippen LogP contribution is 2.38. The number of aryl methyl sites for hydroxylation is 1. The van der Waals surface area contributed by atoms with Crippen LogP contribution in [-0.4, -0.2) is 22.1 Å². The minimum Gasteiger partial charge on any atom is -0.335 e. The van der Waals surface area contributed by atoms with Gasteiger partial charge in [-0.15, -0.1) is 0 Å². The van der Waals surface area contributed by atoms with E-state index >= 15 is 0 Å². The SMILES string of the molecule is CCc1cc(C#N)ccc1NC(=O)NCC1c2ccccc2-c2cncn21. The van der Waals surface area contributed by atoms with Crippen molar-refractivity contribution in [2.75, 3.05) is 11.9 Å². The number of rotatable bonds is 4. The second-order valence-corrected chi connectivity index (χ2v) is 6.46. The molecule has 2 N–H and O–H groups in total. The number of nitriles is 1. The second-order valence-electron chi connectivity index (χ2n) is 6.46. The molecule has 3 aromatic rings. The molecule has 0 aliphatic carbocycles. The van der Waals surface area contributed by atoms with E-state index in [1.807, 2.05) is 25.3 Å². The van der Waals surface area contributed by atoms with Gasteiger partial charge in [0.1, 0.15) is 0 Å². The van der Waals surface area contributed by atoms with Crippen LogP contribution in [0.3, 0.4) is 0 Å². The number of imidazole rings is 1. The number of benzene rings is 2. The molecular formula is C21H19N5O. The molecule has 0 radical (unpaired) electrons. The van der Waals surface area contributed by atoms with Crippen LogP contribution in [0.4, 0.5) is 10.5 Å². The summed E-state index contributed by atoms with van der Waals surface area (Å²) in [6, 6.07) is 15.4. The first-order valence-electron chi connectivity index (χ1n) is 8.90. The molecule has 6 nitrogen and oxygen atoms in total. The van der Waals surface area contributed by atoms with E-state index in [1.54, 1.807) is 24.5 Å². The molecule has 0 spiro atoms. The van der Waals surface area contributed by atoms with E-state index in [0.29, 0.717) is 12.1 Å². The minimum atomic E-state index is -0.263. The molecule has 2 aromatic carbocycles. The van der Waals surface area contributed by atoms with Gasteiger partial charge in [-0.2, -0.15) is 5.26 Å². The van der Waals surface area contributed by atoms with Crippen LogP contribution in [0.2, 0.25) is 0 Å². The summed E-state index contributed by atoms with van der Waals surface area (Å²) < 4.78 is 2.09. The van der Waals surface area contributed by atoms with Gasteiger partial charge in [0, 0.05) is 17.8 Å². The van der Waals surface area contributed by atoms with Gasteiger partial charge in [-0.1, -0.05) is 31.2 Å². The molecule has 6 heteroatoms. The number of anilines is 1. The molecule has 134 valence electrons. The Morgan fingerprint density at radius 3 is 2.96 bits per heavy atom. The lowest BCUT2D eigenvalue weighted by atomic mass is 10.0. The number of aromatic nitrogens is 2. The smallest absolute Gasteiger partial charge is 0.319 e. The second kappa shape index (κ2) is 6.96. The highest BCUT2D eigenvalue weighted by Gasteiger charge is 2.28. The van der Waals surface area contributed by atoms with Crippen molar-refractivity contribution in [1.82, 2.24) is 14.9 Å². The molecular weight excluding hydrogens is 338 g/mol. The molecule has 1 aliphatic heterocycles. The number of hydrogen-bond acceptors (Lipinski definition) is 3. The first kappa shape index (κ1) is 16.9. The lowest BCUT2D eigenvalue weighted by molar-refractivity contribution is 0.251. The van der Waals surface area contributed by atoms with E-state index in [9.17, 15) is 4.79 Å². The quantitative estimate of drug-likeness (QED) is 0.747. The highest BCUT2D eigenvalue weighted by molar-refractivity contribution is 5.90. The molecule has 0 saturated heterocycles. The maximum Gasteiger partial charge on any atom is 0.319 e. The summed E-state index contributed by atoms with van der Waals surface area (Å²) in [5.74, 6) is 0. The van der Waals surface area contributed by atoms with Crippen LogP contribution in [-0.2, 0) is 6.42 Å². The molecule has 1 aliphatic rings. The number of nitrogens with zero attached hydrogens (tertiary/aromatic N) is 3. The van der Waals surface area contributed by atoms with Crippen molar-refractivity contribution in [3.63, 3.8) is 0 Å². The van der Waals surface area contributed by atoms with Crippen molar-refractivity contribution >= 4 is 11.7 Å². The first-order chi connectivity index (χ1) is 13.2. The van der Waals surface area contributed by atoms with Crippen LogP contribution in [0, 0.1) is 11.3 Å². The number of nitrogens with one attached hydrogen (secondary N) is 2. The van der Waals surface area contributed by atoms with Gasteiger partial charge >= 0.3 is 6.03 Å². The number of carbonyl (C=O) groups excluding carboxylic acids is 1. The summed E-state index contributed by atoms with van der Waals surface area (Å²) >= 11 is 0. The van der Waals surface area contributed by atoms with Crippen LogP contribution in [0.5, 0.6) is 0 Å². The lowest BCUT2D eigenvalue weighted by Crippen LogP contribution is -2.33. The fraction of sp³-hybridized carbons (Fsp3) is 0.190. The van der Waals surface area contributed by atoms with E-state index < -0.39 is 0 Å². The molecule has 2 amide bonds. The third kappa shape index (κ3) is 3.04. The molecule has 1 unspecified atom stereocenters. The summed E-state index contributed by atoms with van der Waals surface area (Å²) in [5, 5.41) is 14.9. The van der Waals surface area contributed by atoms with Gasteiger partial charge in [0.15, 0.2) is 0 Å². The Balaban J connectivity index is 1.47. The molecule has 4 rings (SSSR count). The van der Waals surface area contributed by atoms with Crippen LogP contribution < -0.4 is 10.6 Å². The van der Waals surface area contributed by atoms with Crippen LogP contribution >= 0.6 is 0 Å². The normalized spacial score (nSPS) is 14.1. The van der Waals surface area contributed by atoms with Gasteiger partial charge < -0.3 is 15.2 Å². The van der Waals surface area contributed by atoms with E-state index in [2.05, 4.69) is 38.4 Å². The number of fused-ring (bicyclic) bond motifs is 3. The van der Waals surface area contributed by atoms with Crippen molar-refractivity contribution < 1.29 is 4.79 Å². The monoisotopic (exact) mass is 357 g/mol. The van der Waals surface area contributed by atoms with Gasteiger partial charge in [-0.3, -0.25) is 0 Å². The highest BCUT2D eigenvalue weighted by atomic mass is 16.2. The molecule has 0 fully saturated rings. The maximum absolute atomic E-state index is 12.4. The zero-order valence-corrected chi connectivity index (χ0v) is 14.9. The number of hydrogen-bond donors (Lipinski definition) is 2. The van der Waals surface area contributed by atoms with Gasteiger partial charge in [0.05, 0.1) is 35.9 Å². The zero-order chi connectivity index (χ0) is 18.8. The first-order valence-corrected chi connectivity index (χ1v) is 8.90. The zero-order valence-electron chi connectivity index (χ0n) is 14.9. The van der Waals surface area contributed by atoms with Crippen molar-refractivity contribution in [3.05, 3.63) is 71.7 Å². The Kier molecular flexibility index (Phi) is 4.35. The molecule has 2 heterocycles. The van der Waals surface area contributed by atoms with Crippen molar-refractivity contribution in [1.29, 1.82) is 5.26 Å². The van der Waals surface area contributed by atoms with Crippen LogP contribution in [0.1, 0.15) is 29.7 Å². The summed E-state index contributed by atoms with van der Waals surface area (Å²) in [5.41, 5.74) is 5.66. The van der Waals surface area contributed by atoms with Gasteiger partial charge in [-0.05, 0) is 35.7 Å². The summed E-state index contributed by atoms with van der Waals surface area (Å²) in [7, 11) is 0. The summed E-state index contributed by atoms with van der Waals surface area (Å²) in [4.78, 5) is 16.7. The molecule has 1 atom stereocenters. The number of urea groups is 1. The van der Waals surface area contributed by atoms with E-state index in [-0.39, 0.29) is 12.1 Å². The maximum atomic E-state index is 12.4. The minimum absolute atomic E-state index is 0.0241. The molecule has 27 heavy (non-hydrogen) atoms. The molecule has 0 saturated carbocycles. The third-order valence-electron chi connectivity index (χ3n) is 4.92. The van der Waals surface area contributed by atoms with Crippen LogP contribution in [0.15, 0.2) is 55.0 Å². The van der Waals surface area contributed by atoms with Gasteiger partial charge in [0.25, 0.3) is 0 Å². The summed E-state index contributed by atoms with van der Waals surface area (Å²) in [6.45, 7) is 2.46. The predicted molar refractivity (Wildman–Crippen MR) is 103 cm³/mol. The Morgan fingerprint density at radius 2 is 2.15 bits per heavy atom. The van der Waals surface area contributed by atoms with Crippen molar-refractivity contribution in [3.8, 4) is 17.3 Å².